The van der Waals surface area contributed by atoms with Gasteiger partial charge >= 0.3 is 0 Å². The molecule has 15 heavy (non-hydrogen) atoms. The van der Waals surface area contributed by atoms with Crippen molar-refractivity contribution in [2.45, 2.75) is 24.3 Å². The number of phenols is 1. The van der Waals surface area contributed by atoms with Gasteiger partial charge in [0.2, 0.25) is 0 Å². The van der Waals surface area contributed by atoms with E-state index in [4.69, 9.17) is 5.11 Å². The fourth-order valence-corrected chi connectivity index (χ4v) is 2.10. The van der Waals surface area contributed by atoms with E-state index in [-0.39, 0.29) is 10.6 Å². The van der Waals surface area contributed by atoms with E-state index in [0.717, 1.165) is 6.26 Å². The number of hydrogen-bond acceptors (Lipinski definition) is 4. The smallest absolute Gasteiger partial charge is 0.179 e. The average molecular weight is 230 g/mol. The van der Waals surface area contributed by atoms with E-state index in [2.05, 4.69) is 0 Å². The summed E-state index contributed by atoms with van der Waals surface area (Å²) in [6.07, 6.45) is 0.905. The number of rotatable bonds is 3. The number of hydrogen-bond donors (Lipinski definition) is 2. The Bertz CT molecular complexity index is 448. The van der Waals surface area contributed by atoms with Gasteiger partial charge in [-0.1, -0.05) is 6.07 Å². The predicted octanol–water partition coefficient (Wildman–Crippen LogP) is 0.719. The van der Waals surface area contributed by atoms with E-state index in [1.54, 1.807) is 13.0 Å². The largest absolute Gasteiger partial charge is 0.507 e. The number of benzene rings is 1. The van der Waals surface area contributed by atoms with Crippen LogP contribution in [0.3, 0.4) is 0 Å². The zero-order valence-electron chi connectivity index (χ0n) is 8.64. The number of sulfone groups is 1. The van der Waals surface area contributed by atoms with E-state index in [9.17, 15) is 13.5 Å². The zero-order valence-corrected chi connectivity index (χ0v) is 9.45. The maximum absolute atomic E-state index is 11.2. The van der Waals surface area contributed by atoms with E-state index >= 15 is 0 Å². The molecule has 0 fully saturated rings. The van der Waals surface area contributed by atoms with Crippen molar-refractivity contribution >= 4 is 9.84 Å². The Morgan fingerprint density at radius 3 is 2.40 bits per heavy atom. The van der Waals surface area contributed by atoms with Crippen LogP contribution in [-0.4, -0.2) is 31.0 Å². The van der Waals surface area contributed by atoms with Crippen molar-refractivity contribution in [3.8, 4) is 5.75 Å². The third-order valence-electron chi connectivity index (χ3n) is 1.95. The lowest BCUT2D eigenvalue weighted by Gasteiger charge is -2.07. The van der Waals surface area contributed by atoms with Gasteiger partial charge in [-0.25, -0.2) is 8.42 Å². The molecule has 0 amide bonds. The Balaban J connectivity index is 3.09. The van der Waals surface area contributed by atoms with Crippen LogP contribution < -0.4 is 0 Å². The fraction of sp³-hybridized carbons (Fsp3) is 0.400. The molecule has 0 heterocycles. The Morgan fingerprint density at radius 1 is 1.40 bits per heavy atom. The molecule has 1 rings (SSSR count). The van der Waals surface area contributed by atoms with Crippen LogP contribution >= 0.6 is 0 Å². The standard InChI is InChI=1S/C10H14O4S/c1-7(11)5-8-3-4-10(9(12)6-8)15(2,13)14/h3-4,6-7,11-12H,5H2,1-2H3. The molecular weight excluding hydrogens is 216 g/mol. The second-order valence-corrected chi connectivity index (χ2v) is 5.61. The predicted molar refractivity (Wildman–Crippen MR) is 56.6 cm³/mol. The molecule has 0 aliphatic carbocycles. The minimum absolute atomic E-state index is 0.0863. The highest BCUT2D eigenvalue weighted by Crippen LogP contribution is 2.24. The van der Waals surface area contributed by atoms with Crippen LogP contribution in [0.25, 0.3) is 0 Å². The van der Waals surface area contributed by atoms with Crippen LogP contribution in [0.4, 0.5) is 0 Å². The van der Waals surface area contributed by atoms with Crippen LogP contribution in [0.15, 0.2) is 23.1 Å². The van der Waals surface area contributed by atoms with Crippen molar-refractivity contribution < 1.29 is 18.6 Å². The molecule has 1 atom stereocenters. The topological polar surface area (TPSA) is 74.6 Å². The van der Waals surface area contributed by atoms with Crippen LogP contribution in [0.5, 0.6) is 5.75 Å². The first-order chi connectivity index (χ1) is 6.80. The lowest BCUT2D eigenvalue weighted by Crippen LogP contribution is -2.05. The first-order valence-corrected chi connectivity index (χ1v) is 6.40. The van der Waals surface area contributed by atoms with Gasteiger partial charge in [-0.3, -0.25) is 0 Å². The van der Waals surface area contributed by atoms with E-state index in [1.165, 1.54) is 12.1 Å². The monoisotopic (exact) mass is 230 g/mol. The lowest BCUT2D eigenvalue weighted by molar-refractivity contribution is 0.195. The van der Waals surface area contributed by atoms with Gasteiger partial charge in [0.15, 0.2) is 9.84 Å². The molecule has 84 valence electrons. The summed E-state index contributed by atoms with van der Waals surface area (Å²) in [6, 6.07) is 4.30. The zero-order chi connectivity index (χ0) is 11.6. The molecule has 0 saturated heterocycles. The highest BCUT2D eigenvalue weighted by atomic mass is 32.2. The summed E-state index contributed by atoms with van der Waals surface area (Å²) >= 11 is 0. The van der Waals surface area contributed by atoms with Crippen molar-refractivity contribution in [1.82, 2.24) is 0 Å². The van der Waals surface area contributed by atoms with Crippen LogP contribution in [0, 0.1) is 0 Å². The Kier molecular flexibility index (Phi) is 3.36. The molecule has 0 bridgehead atoms. The Labute approximate surface area is 89.1 Å². The van der Waals surface area contributed by atoms with Crippen LogP contribution in [-0.2, 0) is 16.3 Å². The summed E-state index contributed by atoms with van der Waals surface area (Å²) in [5.74, 6) is -0.268. The normalized spacial score (nSPS) is 13.8. The molecule has 1 unspecified atom stereocenters. The maximum atomic E-state index is 11.2. The summed E-state index contributed by atoms with van der Waals surface area (Å²) in [5, 5.41) is 18.6. The van der Waals surface area contributed by atoms with Gasteiger partial charge in [0.1, 0.15) is 10.6 Å². The first-order valence-electron chi connectivity index (χ1n) is 4.50. The van der Waals surface area contributed by atoms with Crippen molar-refractivity contribution in [3.63, 3.8) is 0 Å². The summed E-state index contributed by atoms with van der Waals surface area (Å²) in [7, 11) is -3.39. The van der Waals surface area contributed by atoms with Crippen molar-refractivity contribution in [1.29, 1.82) is 0 Å². The van der Waals surface area contributed by atoms with Gasteiger partial charge in [-0.2, -0.15) is 0 Å². The number of aliphatic hydroxyl groups is 1. The van der Waals surface area contributed by atoms with E-state index < -0.39 is 15.9 Å². The van der Waals surface area contributed by atoms with Crippen LogP contribution in [0.2, 0.25) is 0 Å². The quantitative estimate of drug-likeness (QED) is 0.802. The Hall–Kier alpha value is -1.07. The van der Waals surface area contributed by atoms with Gasteiger partial charge < -0.3 is 10.2 Å². The molecule has 0 spiro atoms. The molecule has 0 aliphatic rings. The molecule has 1 aromatic carbocycles. The first kappa shape index (κ1) is 12.0. The lowest BCUT2D eigenvalue weighted by atomic mass is 10.1. The third kappa shape index (κ3) is 3.21. The third-order valence-corrected chi connectivity index (χ3v) is 3.10. The van der Waals surface area contributed by atoms with Gasteiger partial charge in [-0.05, 0) is 31.0 Å². The van der Waals surface area contributed by atoms with Gasteiger partial charge in [0, 0.05) is 6.26 Å². The molecular formula is C10H14O4S. The molecule has 0 radical (unpaired) electrons. The summed E-state index contributed by atoms with van der Waals surface area (Å²) in [5.41, 5.74) is 0.704. The second kappa shape index (κ2) is 4.20. The molecule has 2 N–H and O–H groups in total. The highest BCUT2D eigenvalue weighted by molar-refractivity contribution is 7.90. The molecule has 0 aliphatic heterocycles. The van der Waals surface area contributed by atoms with Crippen molar-refractivity contribution in [3.05, 3.63) is 23.8 Å². The van der Waals surface area contributed by atoms with Crippen molar-refractivity contribution in [2.75, 3.05) is 6.26 Å². The minimum Gasteiger partial charge on any atom is -0.507 e. The SMILES string of the molecule is CC(O)Cc1ccc(S(C)(=O)=O)c(O)c1. The minimum atomic E-state index is -3.39. The number of aliphatic hydroxyl groups excluding tert-OH is 1. The highest BCUT2D eigenvalue weighted by Gasteiger charge is 2.13. The summed E-state index contributed by atoms with van der Waals surface area (Å²) in [6.45, 7) is 1.63. The molecule has 4 nitrogen and oxygen atoms in total. The van der Waals surface area contributed by atoms with Crippen molar-refractivity contribution in [2.24, 2.45) is 0 Å². The average Bonchev–Trinajstić information content (AvgIpc) is 1.99. The molecule has 0 aromatic heterocycles. The van der Waals surface area contributed by atoms with Crippen LogP contribution in [0.1, 0.15) is 12.5 Å². The molecule has 1 aromatic rings. The van der Waals surface area contributed by atoms with Gasteiger partial charge in [0.05, 0.1) is 6.10 Å². The fourth-order valence-electron chi connectivity index (χ4n) is 1.34. The van der Waals surface area contributed by atoms with E-state index in [0.29, 0.717) is 12.0 Å². The molecule has 0 saturated carbocycles. The molecule has 5 heteroatoms. The second-order valence-electron chi connectivity index (χ2n) is 3.63. The van der Waals surface area contributed by atoms with Gasteiger partial charge in [-0.15, -0.1) is 0 Å². The summed E-state index contributed by atoms with van der Waals surface area (Å²) in [4.78, 5) is -0.0863. The van der Waals surface area contributed by atoms with Gasteiger partial charge in [0.25, 0.3) is 0 Å². The number of aromatic hydroxyl groups is 1. The number of phenolic OH excluding ortho intramolecular Hbond substituents is 1. The summed E-state index contributed by atoms with van der Waals surface area (Å²) < 4.78 is 22.4. The maximum Gasteiger partial charge on any atom is 0.179 e. The Morgan fingerprint density at radius 2 is 2.00 bits per heavy atom. The van der Waals surface area contributed by atoms with E-state index in [1.807, 2.05) is 0 Å².